The molecule has 7 nitrogen and oxygen atoms in total. The van der Waals surface area contributed by atoms with E-state index in [1.807, 2.05) is 6.07 Å². The highest BCUT2D eigenvalue weighted by atomic mass is 79.9. The van der Waals surface area contributed by atoms with Gasteiger partial charge >= 0.3 is 0 Å². The summed E-state index contributed by atoms with van der Waals surface area (Å²) in [6.07, 6.45) is 2.09. The number of pyridine rings is 1. The molecule has 1 unspecified atom stereocenters. The molecule has 1 aromatic heterocycles. The van der Waals surface area contributed by atoms with E-state index in [0.717, 1.165) is 4.47 Å². The largest absolute Gasteiger partial charge is 0.472 e. The predicted octanol–water partition coefficient (Wildman–Crippen LogP) is 3.05. The number of carbonyl (C=O) groups is 1. The lowest BCUT2D eigenvalue weighted by molar-refractivity contribution is -0.385. The van der Waals surface area contributed by atoms with Gasteiger partial charge in [0.2, 0.25) is 5.88 Å². The average Bonchev–Trinajstić information content (AvgIpc) is 3.05. The molecule has 0 N–H and O–H groups in total. The first kappa shape index (κ1) is 16.4. The standard InChI is InChI=1S/C16H14BrN3O4/c17-13-5-3-8-18-15(13)24-11-7-9-19(10-11)16(21)12-4-1-2-6-14(12)20(22)23/h1-6,8,11H,7,9-10H2. The minimum atomic E-state index is -0.539. The Balaban J connectivity index is 1.71. The molecule has 8 heteroatoms. The van der Waals surface area contributed by atoms with Gasteiger partial charge in [-0.1, -0.05) is 12.1 Å². The van der Waals surface area contributed by atoms with Gasteiger partial charge in [0.1, 0.15) is 11.7 Å². The van der Waals surface area contributed by atoms with Gasteiger partial charge in [-0.3, -0.25) is 14.9 Å². The summed E-state index contributed by atoms with van der Waals surface area (Å²) in [5.41, 5.74) is -0.0819. The number of para-hydroxylation sites is 1. The number of nitro groups is 1. The number of hydrogen-bond donors (Lipinski definition) is 0. The summed E-state index contributed by atoms with van der Waals surface area (Å²) in [6, 6.07) is 9.59. The number of benzene rings is 1. The lowest BCUT2D eigenvalue weighted by atomic mass is 10.1. The molecule has 0 radical (unpaired) electrons. The van der Waals surface area contributed by atoms with Crippen molar-refractivity contribution in [1.29, 1.82) is 0 Å². The second-order valence-electron chi connectivity index (χ2n) is 5.34. The van der Waals surface area contributed by atoms with E-state index >= 15 is 0 Å². The van der Waals surface area contributed by atoms with Gasteiger partial charge in [0.15, 0.2) is 0 Å². The van der Waals surface area contributed by atoms with Crippen LogP contribution in [0.15, 0.2) is 47.1 Å². The number of carbonyl (C=O) groups excluding carboxylic acids is 1. The molecule has 0 saturated carbocycles. The normalized spacial score (nSPS) is 16.9. The monoisotopic (exact) mass is 391 g/mol. The number of ether oxygens (including phenoxy) is 1. The van der Waals surface area contributed by atoms with Gasteiger partial charge in [-0.05, 0) is 34.1 Å². The Kier molecular flexibility index (Phi) is 4.75. The van der Waals surface area contributed by atoms with Crippen molar-refractivity contribution in [2.75, 3.05) is 13.1 Å². The van der Waals surface area contributed by atoms with Crippen molar-refractivity contribution in [3.8, 4) is 5.88 Å². The number of hydrogen-bond acceptors (Lipinski definition) is 5. The van der Waals surface area contributed by atoms with Gasteiger partial charge < -0.3 is 9.64 Å². The quantitative estimate of drug-likeness (QED) is 0.590. The summed E-state index contributed by atoms with van der Waals surface area (Å²) in [5.74, 6) is 0.121. The highest BCUT2D eigenvalue weighted by Crippen LogP contribution is 2.26. The maximum absolute atomic E-state index is 12.6. The zero-order chi connectivity index (χ0) is 17.1. The van der Waals surface area contributed by atoms with Gasteiger partial charge in [-0.25, -0.2) is 4.98 Å². The van der Waals surface area contributed by atoms with E-state index < -0.39 is 4.92 Å². The topological polar surface area (TPSA) is 85.6 Å². The van der Waals surface area contributed by atoms with Crippen molar-refractivity contribution in [2.24, 2.45) is 0 Å². The van der Waals surface area contributed by atoms with Crippen LogP contribution in [-0.2, 0) is 0 Å². The maximum atomic E-state index is 12.6. The minimum absolute atomic E-state index is 0.0992. The van der Waals surface area contributed by atoms with E-state index in [2.05, 4.69) is 20.9 Å². The van der Waals surface area contributed by atoms with Crippen LogP contribution in [-0.4, -0.2) is 39.9 Å². The van der Waals surface area contributed by atoms with Crippen molar-refractivity contribution in [2.45, 2.75) is 12.5 Å². The molecule has 1 aliphatic rings. The van der Waals surface area contributed by atoms with Gasteiger partial charge in [-0.15, -0.1) is 0 Å². The fraction of sp³-hybridized carbons (Fsp3) is 0.250. The number of nitrogens with zero attached hydrogens (tertiary/aromatic N) is 3. The fourth-order valence-electron chi connectivity index (χ4n) is 2.61. The second-order valence-corrected chi connectivity index (χ2v) is 6.20. The molecule has 1 aromatic carbocycles. The Morgan fingerprint density at radius 3 is 2.88 bits per heavy atom. The molecule has 3 rings (SSSR count). The molecule has 24 heavy (non-hydrogen) atoms. The van der Waals surface area contributed by atoms with Gasteiger partial charge in [0.25, 0.3) is 11.6 Å². The molecule has 2 heterocycles. The van der Waals surface area contributed by atoms with Crippen LogP contribution >= 0.6 is 15.9 Å². The van der Waals surface area contributed by atoms with Crippen LogP contribution in [0.3, 0.4) is 0 Å². The Morgan fingerprint density at radius 2 is 2.12 bits per heavy atom. The minimum Gasteiger partial charge on any atom is -0.472 e. The van der Waals surface area contributed by atoms with Crippen LogP contribution < -0.4 is 4.74 Å². The van der Waals surface area contributed by atoms with Crippen LogP contribution in [0.2, 0.25) is 0 Å². The molecule has 0 spiro atoms. The molecular formula is C16H14BrN3O4. The third kappa shape index (κ3) is 3.38. The fourth-order valence-corrected chi connectivity index (χ4v) is 2.96. The summed E-state index contributed by atoms with van der Waals surface area (Å²) in [4.78, 5) is 28.8. The van der Waals surface area contributed by atoms with Gasteiger partial charge in [0, 0.05) is 25.2 Å². The molecule has 2 aromatic rings. The van der Waals surface area contributed by atoms with Crippen molar-refractivity contribution < 1.29 is 14.5 Å². The molecule has 124 valence electrons. The third-order valence-electron chi connectivity index (χ3n) is 3.77. The Bertz CT molecular complexity index is 783. The third-order valence-corrected chi connectivity index (χ3v) is 4.37. The summed E-state index contributed by atoms with van der Waals surface area (Å²) in [5, 5.41) is 11.1. The first-order chi connectivity index (χ1) is 11.6. The van der Waals surface area contributed by atoms with Crippen LogP contribution in [0.5, 0.6) is 5.88 Å². The van der Waals surface area contributed by atoms with Crippen LogP contribution in [0.1, 0.15) is 16.8 Å². The number of rotatable bonds is 4. The zero-order valence-electron chi connectivity index (χ0n) is 12.6. The maximum Gasteiger partial charge on any atom is 0.282 e. The summed E-state index contributed by atoms with van der Waals surface area (Å²) < 4.78 is 6.56. The van der Waals surface area contributed by atoms with E-state index in [-0.39, 0.29) is 23.3 Å². The lowest BCUT2D eigenvalue weighted by Gasteiger charge is -2.17. The van der Waals surface area contributed by atoms with Crippen LogP contribution in [0.4, 0.5) is 5.69 Å². The van der Waals surface area contributed by atoms with Crippen molar-refractivity contribution in [3.63, 3.8) is 0 Å². The van der Waals surface area contributed by atoms with Crippen molar-refractivity contribution in [1.82, 2.24) is 9.88 Å². The van der Waals surface area contributed by atoms with E-state index in [1.54, 1.807) is 29.3 Å². The number of amides is 1. The molecular weight excluding hydrogens is 378 g/mol. The van der Waals surface area contributed by atoms with Gasteiger partial charge in [0.05, 0.1) is 15.9 Å². The van der Waals surface area contributed by atoms with Crippen molar-refractivity contribution >= 4 is 27.5 Å². The highest BCUT2D eigenvalue weighted by Gasteiger charge is 2.31. The van der Waals surface area contributed by atoms with E-state index in [0.29, 0.717) is 25.4 Å². The first-order valence-electron chi connectivity index (χ1n) is 7.36. The van der Waals surface area contributed by atoms with Crippen LogP contribution in [0.25, 0.3) is 0 Å². The smallest absolute Gasteiger partial charge is 0.282 e. The lowest BCUT2D eigenvalue weighted by Crippen LogP contribution is -2.31. The average molecular weight is 392 g/mol. The van der Waals surface area contributed by atoms with Gasteiger partial charge in [-0.2, -0.15) is 0 Å². The number of likely N-dealkylation sites (tertiary alicyclic amines) is 1. The Hall–Kier alpha value is -2.48. The number of nitro benzene ring substituents is 1. The molecule has 0 bridgehead atoms. The zero-order valence-corrected chi connectivity index (χ0v) is 14.2. The predicted molar refractivity (Wildman–Crippen MR) is 90.0 cm³/mol. The Labute approximate surface area is 146 Å². The summed E-state index contributed by atoms with van der Waals surface area (Å²) >= 11 is 3.37. The summed E-state index contributed by atoms with van der Waals surface area (Å²) in [7, 11) is 0. The van der Waals surface area contributed by atoms with Crippen LogP contribution in [0, 0.1) is 10.1 Å². The van der Waals surface area contributed by atoms with E-state index in [4.69, 9.17) is 4.74 Å². The molecule has 1 fully saturated rings. The molecule has 1 amide bonds. The van der Waals surface area contributed by atoms with Crippen molar-refractivity contribution in [3.05, 3.63) is 62.7 Å². The van der Waals surface area contributed by atoms with E-state index in [9.17, 15) is 14.9 Å². The second kappa shape index (κ2) is 6.96. The van der Waals surface area contributed by atoms with E-state index in [1.165, 1.54) is 12.1 Å². The SMILES string of the molecule is O=C(c1ccccc1[N+](=O)[O-])N1CCC(Oc2ncccc2Br)C1. The Morgan fingerprint density at radius 1 is 1.33 bits per heavy atom. The number of aromatic nitrogens is 1. The summed E-state index contributed by atoms with van der Waals surface area (Å²) in [6.45, 7) is 0.855. The highest BCUT2D eigenvalue weighted by molar-refractivity contribution is 9.10. The number of halogens is 1. The molecule has 1 atom stereocenters. The molecule has 0 aliphatic carbocycles. The first-order valence-corrected chi connectivity index (χ1v) is 8.15. The molecule has 1 aliphatic heterocycles. The molecule has 1 saturated heterocycles.